The molecule has 0 unspecified atom stereocenters. The Hall–Kier alpha value is -0.120. The van der Waals surface area contributed by atoms with E-state index >= 15 is 0 Å². The van der Waals surface area contributed by atoms with Crippen molar-refractivity contribution in [3.63, 3.8) is 0 Å². The lowest BCUT2D eigenvalue weighted by Crippen LogP contribution is -2.47. The molecule has 3 heteroatoms. The standard InChI is InChI=1S/C9H22N2O/c1-8(2)11(6-7-12-10)9(3,4)5/h8H,6-7,10H2,1-5H3. The number of hydrogen-bond acceptors (Lipinski definition) is 3. The van der Waals surface area contributed by atoms with E-state index in [9.17, 15) is 0 Å². The van der Waals surface area contributed by atoms with Crippen molar-refractivity contribution in [3.05, 3.63) is 0 Å². The smallest absolute Gasteiger partial charge is 0.0806 e. The highest BCUT2D eigenvalue weighted by Gasteiger charge is 2.22. The maximum absolute atomic E-state index is 4.99. The molecule has 0 aliphatic heterocycles. The second-order valence-electron chi connectivity index (χ2n) is 4.33. The van der Waals surface area contributed by atoms with Crippen LogP contribution in [-0.4, -0.2) is 29.6 Å². The molecule has 0 rings (SSSR count). The summed E-state index contributed by atoms with van der Waals surface area (Å²) >= 11 is 0. The van der Waals surface area contributed by atoms with Crippen LogP contribution in [0.1, 0.15) is 34.6 Å². The van der Waals surface area contributed by atoms with Crippen molar-refractivity contribution in [3.8, 4) is 0 Å². The first-order valence-corrected chi connectivity index (χ1v) is 4.48. The van der Waals surface area contributed by atoms with Gasteiger partial charge in [-0.2, -0.15) is 0 Å². The van der Waals surface area contributed by atoms with Crippen LogP contribution in [-0.2, 0) is 4.84 Å². The van der Waals surface area contributed by atoms with Gasteiger partial charge in [-0.25, -0.2) is 5.90 Å². The number of nitrogens with two attached hydrogens (primary N) is 1. The average Bonchev–Trinajstić information content (AvgIpc) is 1.84. The van der Waals surface area contributed by atoms with E-state index in [1.807, 2.05) is 0 Å². The number of nitrogens with zero attached hydrogens (tertiary/aromatic N) is 1. The highest BCUT2D eigenvalue weighted by atomic mass is 16.6. The molecule has 12 heavy (non-hydrogen) atoms. The van der Waals surface area contributed by atoms with E-state index in [4.69, 9.17) is 5.90 Å². The van der Waals surface area contributed by atoms with Crippen molar-refractivity contribution >= 4 is 0 Å². The lowest BCUT2D eigenvalue weighted by atomic mass is 10.0. The van der Waals surface area contributed by atoms with Gasteiger partial charge in [0.25, 0.3) is 0 Å². The van der Waals surface area contributed by atoms with Crippen molar-refractivity contribution in [2.24, 2.45) is 5.90 Å². The molecule has 0 bridgehead atoms. The van der Waals surface area contributed by atoms with E-state index in [0.717, 1.165) is 6.54 Å². The summed E-state index contributed by atoms with van der Waals surface area (Å²) in [5.41, 5.74) is 0.187. The van der Waals surface area contributed by atoms with E-state index in [-0.39, 0.29) is 5.54 Å². The van der Waals surface area contributed by atoms with Gasteiger partial charge >= 0.3 is 0 Å². The molecule has 0 aliphatic carbocycles. The van der Waals surface area contributed by atoms with Gasteiger partial charge < -0.3 is 4.84 Å². The van der Waals surface area contributed by atoms with Gasteiger partial charge in [-0.05, 0) is 34.6 Å². The first-order chi connectivity index (χ1) is 5.39. The van der Waals surface area contributed by atoms with Crippen LogP contribution in [0.25, 0.3) is 0 Å². The Bertz CT molecular complexity index is 118. The summed E-state index contributed by atoms with van der Waals surface area (Å²) in [7, 11) is 0. The topological polar surface area (TPSA) is 38.5 Å². The third kappa shape index (κ3) is 4.04. The van der Waals surface area contributed by atoms with Crippen LogP contribution < -0.4 is 5.90 Å². The third-order valence-electron chi connectivity index (χ3n) is 1.94. The van der Waals surface area contributed by atoms with Gasteiger partial charge in [-0.1, -0.05) is 0 Å². The van der Waals surface area contributed by atoms with E-state index in [1.165, 1.54) is 0 Å². The quantitative estimate of drug-likeness (QED) is 0.654. The fourth-order valence-electron chi connectivity index (χ4n) is 1.52. The summed E-state index contributed by atoms with van der Waals surface area (Å²) in [6.45, 7) is 12.4. The largest absolute Gasteiger partial charge is 0.303 e. The minimum atomic E-state index is 0.187. The van der Waals surface area contributed by atoms with Gasteiger partial charge in [0.1, 0.15) is 0 Å². The highest BCUT2D eigenvalue weighted by Crippen LogP contribution is 2.15. The molecular weight excluding hydrogens is 152 g/mol. The van der Waals surface area contributed by atoms with Crippen LogP contribution in [0.15, 0.2) is 0 Å². The van der Waals surface area contributed by atoms with Crippen LogP contribution >= 0.6 is 0 Å². The molecule has 0 spiro atoms. The molecule has 0 aromatic carbocycles. The summed E-state index contributed by atoms with van der Waals surface area (Å²) in [6, 6.07) is 0.528. The zero-order valence-electron chi connectivity index (χ0n) is 8.92. The second-order valence-corrected chi connectivity index (χ2v) is 4.33. The molecular formula is C9H22N2O. The van der Waals surface area contributed by atoms with Crippen LogP contribution in [0.3, 0.4) is 0 Å². The Kier molecular flexibility index (Phi) is 4.75. The molecule has 3 nitrogen and oxygen atoms in total. The molecule has 0 fully saturated rings. The van der Waals surface area contributed by atoms with Crippen LogP contribution in [0.5, 0.6) is 0 Å². The zero-order chi connectivity index (χ0) is 9.78. The predicted molar refractivity (Wildman–Crippen MR) is 51.7 cm³/mol. The normalized spacial score (nSPS) is 13.0. The molecule has 0 heterocycles. The first-order valence-electron chi connectivity index (χ1n) is 4.48. The minimum Gasteiger partial charge on any atom is -0.303 e. The van der Waals surface area contributed by atoms with Crippen LogP contribution in [0, 0.1) is 0 Å². The minimum absolute atomic E-state index is 0.187. The number of rotatable bonds is 4. The average molecular weight is 174 g/mol. The fourth-order valence-corrected chi connectivity index (χ4v) is 1.52. The van der Waals surface area contributed by atoms with E-state index in [0.29, 0.717) is 12.6 Å². The molecule has 74 valence electrons. The lowest BCUT2D eigenvalue weighted by Gasteiger charge is -2.38. The molecule has 0 aromatic heterocycles. The third-order valence-corrected chi connectivity index (χ3v) is 1.94. The van der Waals surface area contributed by atoms with E-state index < -0.39 is 0 Å². The monoisotopic (exact) mass is 174 g/mol. The van der Waals surface area contributed by atoms with Crippen LogP contribution in [0.2, 0.25) is 0 Å². The Morgan fingerprint density at radius 1 is 1.33 bits per heavy atom. The number of hydrogen-bond donors (Lipinski definition) is 1. The highest BCUT2D eigenvalue weighted by molar-refractivity contribution is 4.78. The van der Waals surface area contributed by atoms with E-state index in [1.54, 1.807) is 0 Å². The van der Waals surface area contributed by atoms with Gasteiger partial charge in [0.2, 0.25) is 0 Å². The zero-order valence-corrected chi connectivity index (χ0v) is 8.92. The SMILES string of the molecule is CC(C)N(CCON)C(C)(C)C. The molecule has 0 saturated carbocycles. The van der Waals surface area contributed by atoms with Crippen molar-refractivity contribution in [2.45, 2.75) is 46.2 Å². The van der Waals surface area contributed by atoms with Crippen molar-refractivity contribution in [2.75, 3.05) is 13.2 Å². The summed E-state index contributed by atoms with van der Waals surface area (Å²) in [5.74, 6) is 4.99. The van der Waals surface area contributed by atoms with Crippen molar-refractivity contribution in [1.29, 1.82) is 0 Å². The molecule has 0 amide bonds. The predicted octanol–water partition coefficient (Wildman–Crippen LogP) is 1.39. The summed E-state index contributed by atoms with van der Waals surface area (Å²) in [5, 5.41) is 0. The van der Waals surface area contributed by atoms with Crippen molar-refractivity contribution in [1.82, 2.24) is 4.90 Å². The van der Waals surface area contributed by atoms with Gasteiger partial charge in [0.05, 0.1) is 6.61 Å². The summed E-state index contributed by atoms with van der Waals surface area (Å²) in [6.07, 6.45) is 0. The Balaban J connectivity index is 4.05. The molecule has 2 N–H and O–H groups in total. The van der Waals surface area contributed by atoms with E-state index in [2.05, 4.69) is 44.4 Å². The molecule has 0 aromatic rings. The fraction of sp³-hybridized carbons (Fsp3) is 1.00. The van der Waals surface area contributed by atoms with Gasteiger partial charge in [0.15, 0.2) is 0 Å². The van der Waals surface area contributed by atoms with Gasteiger partial charge in [-0.3, -0.25) is 4.90 Å². The first kappa shape index (κ1) is 11.9. The van der Waals surface area contributed by atoms with Crippen LogP contribution in [0.4, 0.5) is 0 Å². The molecule has 0 saturated heterocycles. The summed E-state index contributed by atoms with van der Waals surface area (Å²) < 4.78 is 0. The molecule has 0 atom stereocenters. The Morgan fingerprint density at radius 2 is 1.83 bits per heavy atom. The summed E-state index contributed by atoms with van der Waals surface area (Å²) in [4.78, 5) is 6.94. The molecule has 0 radical (unpaired) electrons. The maximum Gasteiger partial charge on any atom is 0.0806 e. The second kappa shape index (κ2) is 4.80. The molecule has 0 aliphatic rings. The lowest BCUT2D eigenvalue weighted by molar-refractivity contribution is 0.0449. The van der Waals surface area contributed by atoms with Crippen molar-refractivity contribution < 1.29 is 4.84 Å². The maximum atomic E-state index is 4.99. The van der Waals surface area contributed by atoms with Gasteiger partial charge in [0, 0.05) is 18.1 Å². The van der Waals surface area contributed by atoms with Gasteiger partial charge in [-0.15, -0.1) is 0 Å². The Morgan fingerprint density at radius 3 is 2.08 bits per heavy atom. The Labute approximate surface area is 75.8 Å².